The highest BCUT2D eigenvalue weighted by Crippen LogP contribution is 2.23. The lowest BCUT2D eigenvalue weighted by atomic mass is 9.89. The van der Waals surface area contributed by atoms with Crippen molar-refractivity contribution < 1.29 is 14.4 Å². The molecule has 2 N–H and O–H groups in total. The van der Waals surface area contributed by atoms with Crippen LogP contribution in [-0.2, 0) is 28.9 Å². The molecular weight excluding hydrogens is 364 g/mol. The van der Waals surface area contributed by atoms with Crippen molar-refractivity contribution in [1.82, 2.24) is 5.32 Å². The quantitative estimate of drug-likeness (QED) is 0.670. The first-order valence-corrected chi connectivity index (χ1v) is 10.4. The maximum Gasteiger partial charge on any atom is 0.243 e. The van der Waals surface area contributed by atoms with Gasteiger partial charge in [0.15, 0.2) is 5.78 Å². The van der Waals surface area contributed by atoms with E-state index in [-0.39, 0.29) is 37.0 Å². The van der Waals surface area contributed by atoms with Crippen molar-refractivity contribution in [2.45, 2.75) is 51.9 Å². The van der Waals surface area contributed by atoms with E-state index in [9.17, 15) is 14.4 Å². The number of para-hydroxylation sites is 1. The standard InChI is InChI=1S/C24H28N2O3/c1-2-17-7-5-6-10-21(17)26-24(29)16-25-23(28)14-13-22(27)20-12-11-18-8-3-4-9-19(18)15-20/h5-7,10-12,15H,2-4,8-9,13-14,16H2,1H3,(H,25,28)(H,26,29). The average Bonchev–Trinajstić information content (AvgIpc) is 2.76. The van der Waals surface area contributed by atoms with E-state index >= 15 is 0 Å². The van der Waals surface area contributed by atoms with Gasteiger partial charge in [-0.15, -0.1) is 0 Å². The first-order valence-electron chi connectivity index (χ1n) is 10.4. The number of anilines is 1. The number of aryl methyl sites for hydroxylation is 3. The normalized spacial score (nSPS) is 12.7. The predicted octanol–water partition coefficient (Wildman–Crippen LogP) is 3.85. The van der Waals surface area contributed by atoms with Gasteiger partial charge in [0.2, 0.25) is 11.8 Å². The van der Waals surface area contributed by atoms with E-state index in [0.717, 1.165) is 36.9 Å². The predicted molar refractivity (Wildman–Crippen MR) is 114 cm³/mol. The van der Waals surface area contributed by atoms with E-state index in [1.165, 1.54) is 17.5 Å². The van der Waals surface area contributed by atoms with Crippen LogP contribution in [-0.4, -0.2) is 24.1 Å². The van der Waals surface area contributed by atoms with Crippen LogP contribution in [0.1, 0.15) is 59.7 Å². The lowest BCUT2D eigenvalue weighted by molar-refractivity contribution is -0.124. The van der Waals surface area contributed by atoms with Gasteiger partial charge in [0.1, 0.15) is 0 Å². The molecule has 1 aliphatic carbocycles. The van der Waals surface area contributed by atoms with E-state index in [4.69, 9.17) is 0 Å². The smallest absolute Gasteiger partial charge is 0.243 e. The van der Waals surface area contributed by atoms with Crippen LogP contribution in [0, 0.1) is 0 Å². The fraction of sp³-hybridized carbons (Fsp3) is 0.375. The number of carbonyl (C=O) groups excluding carboxylic acids is 3. The summed E-state index contributed by atoms with van der Waals surface area (Å²) < 4.78 is 0. The minimum absolute atomic E-state index is 0.0325. The van der Waals surface area contributed by atoms with Gasteiger partial charge in [-0.25, -0.2) is 0 Å². The fourth-order valence-electron chi connectivity index (χ4n) is 3.69. The van der Waals surface area contributed by atoms with Gasteiger partial charge in [-0.3, -0.25) is 14.4 Å². The second kappa shape index (κ2) is 10.0. The summed E-state index contributed by atoms with van der Waals surface area (Å²) in [5.41, 5.74) is 5.07. The molecule has 5 heteroatoms. The fourth-order valence-corrected chi connectivity index (χ4v) is 3.69. The van der Waals surface area contributed by atoms with Crippen LogP contribution >= 0.6 is 0 Å². The molecule has 0 unspecified atom stereocenters. The van der Waals surface area contributed by atoms with Crippen molar-refractivity contribution >= 4 is 23.3 Å². The van der Waals surface area contributed by atoms with E-state index in [2.05, 4.69) is 10.6 Å². The van der Waals surface area contributed by atoms with Gasteiger partial charge in [0, 0.05) is 24.1 Å². The van der Waals surface area contributed by atoms with E-state index in [1.807, 2.05) is 49.4 Å². The largest absolute Gasteiger partial charge is 0.347 e. The van der Waals surface area contributed by atoms with Crippen molar-refractivity contribution in [1.29, 1.82) is 0 Å². The summed E-state index contributed by atoms with van der Waals surface area (Å²) in [7, 11) is 0. The molecule has 0 radical (unpaired) electrons. The molecule has 0 aliphatic heterocycles. The SMILES string of the molecule is CCc1ccccc1NC(=O)CNC(=O)CCC(=O)c1ccc2c(c1)CCCC2. The Hall–Kier alpha value is -2.95. The van der Waals surface area contributed by atoms with Crippen LogP contribution in [0.4, 0.5) is 5.69 Å². The first-order chi connectivity index (χ1) is 14.1. The molecule has 0 atom stereocenters. The molecular formula is C24H28N2O3. The van der Waals surface area contributed by atoms with E-state index in [0.29, 0.717) is 5.56 Å². The number of Topliss-reactive ketones (excluding diaryl/α,β-unsaturated/α-hetero) is 1. The number of ketones is 1. The number of fused-ring (bicyclic) bond motifs is 1. The Labute approximate surface area is 171 Å². The van der Waals surface area contributed by atoms with Crippen LogP contribution in [0.3, 0.4) is 0 Å². The summed E-state index contributed by atoms with van der Waals surface area (Å²) in [6.07, 6.45) is 5.51. The Kier molecular flexibility index (Phi) is 7.17. The molecule has 0 bridgehead atoms. The second-order valence-corrected chi connectivity index (χ2v) is 7.45. The lowest BCUT2D eigenvalue weighted by Crippen LogP contribution is -2.33. The lowest BCUT2D eigenvalue weighted by Gasteiger charge is -2.16. The van der Waals surface area contributed by atoms with E-state index in [1.54, 1.807) is 0 Å². The summed E-state index contributed by atoms with van der Waals surface area (Å²) in [5, 5.41) is 5.41. The molecule has 2 amide bonds. The zero-order valence-corrected chi connectivity index (χ0v) is 16.9. The Bertz CT molecular complexity index is 905. The summed E-state index contributed by atoms with van der Waals surface area (Å²) in [4.78, 5) is 36.6. The third-order valence-corrected chi connectivity index (χ3v) is 5.37. The minimum atomic E-state index is -0.296. The van der Waals surface area contributed by atoms with Gasteiger partial charge in [0.05, 0.1) is 6.54 Å². The molecule has 0 saturated carbocycles. The molecule has 0 spiro atoms. The molecule has 5 nitrogen and oxygen atoms in total. The third kappa shape index (κ3) is 5.76. The Morgan fingerprint density at radius 3 is 2.45 bits per heavy atom. The summed E-state index contributed by atoms with van der Waals surface area (Å²) in [6.45, 7) is 1.91. The molecule has 0 heterocycles. The Morgan fingerprint density at radius 1 is 0.897 bits per heavy atom. The molecule has 0 fully saturated rings. The molecule has 2 aromatic carbocycles. The zero-order valence-electron chi connectivity index (χ0n) is 16.9. The van der Waals surface area contributed by atoms with Gasteiger partial charge in [-0.1, -0.05) is 37.3 Å². The molecule has 2 aromatic rings. The van der Waals surface area contributed by atoms with Gasteiger partial charge in [0.25, 0.3) is 0 Å². The van der Waals surface area contributed by atoms with Crippen LogP contribution in [0.2, 0.25) is 0 Å². The number of nitrogens with one attached hydrogen (secondary N) is 2. The number of rotatable bonds is 8. The van der Waals surface area contributed by atoms with Crippen LogP contribution in [0.15, 0.2) is 42.5 Å². The maximum absolute atomic E-state index is 12.4. The molecule has 29 heavy (non-hydrogen) atoms. The Balaban J connectivity index is 1.43. The maximum atomic E-state index is 12.4. The van der Waals surface area contributed by atoms with Crippen molar-refractivity contribution in [2.24, 2.45) is 0 Å². The van der Waals surface area contributed by atoms with Gasteiger partial charge < -0.3 is 10.6 Å². The number of carbonyl (C=O) groups is 3. The number of hydrogen-bond donors (Lipinski definition) is 2. The molecule has 3 rings (SSSR count). The highest BCUT2D eigenvalue weighted by molar-refractivity contribution is 5.99. The van der Waals surface area contributed by atoms with Crippen LogP contribution in [0.25, 0.3) is 0 Å². The van der Waals surface area contributed by atoms with Crippen molar-refractivity contribution in [3.8, 4) is 0 Å². The van der Waals surface area contributed by atoms with Gasteiger partial charge >= 0.3 is 0 Å². The summed E-state index contributed by atoms with van der Waals surface area (Å²) in [5.74, 6) is -0.606. The number of hydrogen-bond acceptors (Lipinski definition) is 3. The zero-order chi connectivity index (χ0) is 20.6. The van der Waals surface area contributed by atoms with Crippen molar-refractivity contribution in [3.63, 3.8) is 0 Å². The van der Waals surface area contributed by atoms with Crippen molar-refractivity contribution in [3.05, 3.63) is 64.7 Å². The topological polar surface area (TPSA) is 75.3 Å². The van der Waals surface area contributed by atoms with E-state index < -0.39 is 0 Å². The van der Waals surface area contributed by atoms with Gasteiger partial charge in [-0.2, -0.15) is 0 Å². The second-order valence-electron chi connectivity index (χ2n) is 7.45. The third-order valence-electron chi connectivity index (χ3n) is 5.37. The van der Waals surface area contributed by atoms with Crippen LogP contribution in [0.5, 0.6) is 0 Å². The van der Waals surface area contributed by atoms with Gasteiger partial charge in [-0.05, 0) is 60.9 Å². The highest BCUT2D eigenvalue weighted by Gasteiger charge is 2.14. The Morgan fingerprint density at radius 2 is 1.66 bits per heavy atom. The molecule has 0 saturated heterocycles. The molecule has 152 valence electrons. The monoisotopic (exact) mass is 392 g/mol. The average molecular weight is 392 g/mol. The minimum Gasteiger partial charge on any atom is -0.347 e. The highest BCUT2D eigenvalue weighted by atomic mass is 16.2. The summed E-state index contributed by atoms with van der Waals surface area (Å²) in [6, 6.07) is 13.5. The molecule has 0 aromatic heterocycles. The van der Waals surface area contributed by atoms with Crippen LogP contribution < -0.4 is 10.6 Å². The van der Waals surface area contributed by atoms with Crippen molar-refractivity contribution in [2.75, 3.05) is 11.9 Å². The molecule has 1 aliphatic rings. The first kappa shape index (κ1) is 20.8. The summed E-state index contributed by atoms with van der Waals surface area (Å²) >= 11 is 0. The number of benzene rings is 2. The number of amides is 2.